The lowest BCUT2D eigenvalue weighted by Gasteiger charge is -2.26. The van der Waals surface area contributed by atoms with E-state index < -0.39 is 9.84 Å². The van der Waals surface area contributed by atoms with Gasteiger partial charge in [-0.3, -0.25) is 9.59 Å². The Labute approximate surface area is 149 Å². The summed E-state index contributed by atoms with van der Waals surface area (Å²) < 4.78 is 23.3. The minimum atomic E-state index is -3.07. The number of rotatable bonds is 6. The lowest BCUT2D eigenvalue weighted by atomic mass is 10.0. The van der Waals surface area contributed by atoms with Gasteiger partial charge in [-0.15, -0.1) is 0 Å². The zero-order valence-electron chi connectivity index (χ0n) is 15.0. The molecule has 2 rings (SSSR count). The summed E-state index contributed by atoms with van der Waals surface area (Å²) in [5.74, 6) is 0.00590. The highest BCUT2D eigenvalue weighted by Gasteiger charge is 2.33. The molecule has 6 nitrogen and oxygen atoms in total. The minimum Gasteiger partial charge on any atom is -0.338 e. The number of para-hydroxylation sites is 1. The van der Waals surface area contributed by atoms with Crippen molar-refractivity contribution in [2.45, 2.75) is 45.6 Å². The first-order chi connectivity index (χ1) is 11.7. The SMILES string of the molecule is CC(=O)N(CCC(=O)Nc1ccccc1C(C)C)C1CCS(=O)(=O)C1. The van der Waals surface area contributed by atoms with E-state index in [-0.39, 0.29) is 48.2 Å². The fourth-order valence-electron chi connectivity index (χ4n) is 3.17. The Morgan fingerprint density at radius 2 is 1.96 bits per heavy atom. The monoisotopic (exact) mass is 366 g/mol. The van der Waals surface area contributed by atoms with Crippen LogP contribution in [-0.2, 0) is 19.4 Å². The molecule has 1 aromatic carbocycles. The topological polar surface area (TPSA) is 83.6 Å². The Morgan fingerprint density at radius 3 is 2.52 bits per heavy atom. The molecule has 0 saturated carbocycles. The van der Waals surface area contributed by atoms with Crippen LogP contribution in [0, 0.1) is 0 Å². The van der Waals surface area contributed by atoms with Crippen molar-refractivity contribution in [2.24, 2.45) is 0 Å². The van der Waals surface area contributed by atoms with Crippen LogP contribution >= 0.6 is 0 Å². The van der Waals surface area contributed by atoms with E-state index in [1.165, 1.54) is 11.8 Å². The second kappa shape index (κ2) is 7.99. The number of carbonyl (C=O) groups is 2. The number of hydrogen-bond donors (Lipinski definition) is 1. The molecule has 0 aromatic heterocycles. The van der Waals surface area contributed by atoms with Gasteiger partial charge in [-0.25, -0.2) is 8.42 Å². The quantitative estimate of drug-likeness (QED) is 0.836. The molecule has 0 spiro atoms. The molecule has 0 bridgehead atoms. The fourth-order valence-corrected chi connectivity index (χ4v) is 4.90. The van der Waals surface area contributed by atoms with Gasteiger partial charge in [-0.2, -0.15) is 0 Å². The van der Waals surface area contributed by atoms with Crippen molar-refractivity contribution in [3.63, 3.8) is 0 Å². The Balaban J connectivity index is 1.97. The molecule has 1 heterocycles. The molecule has 1 atom stereocenters. The molecule has 1 unspecified atom stereocenters. The van der Waals surface area contributed by atoms with E-state index in [0.29, 0.717) is 6.42 Å². The van der Waals surface area contributed by atoms with Crippen molar-refractivity contribution in [1.82, 2.24) is 4.90 Å². The zero-order chi connectivity index (χ0) is 18.6. The fraction of sp³-hybridized carbons (Fsp3) is 0.556. The van der Waals surface area contributed by atoms with Crippen LogP contribution in [0.4, 0.5) is 5.69 Å². The largest absolute Gasteiger partial charge is 0.338 e. The van der Waals surface area contributed by atoms with Crippen LogP contribution in [0.3, 0.4) is 0 Å². The lowest BCUT2D eigenvalue weighted by molar-refractivity contribution is -0.131. The molecular formula is C18H26N2O4S. The predicted molar refractivity (Wildman–Crippen MR) is 98.2 cm³/mol. The van der Waals surface area contributed by atoms with Gasteiger partial charge < -0.3 is 10.2 Å². The van der Waals surface area contributed by atoms with Crippen molar-refractivity contribution in [3.8, 4) is 0 Å². The van der Waals surface area contributed by atoms with E-state index >= 15 is 0 Å². The first-order valence-corrected chi connectivity index (χ1v) is 10.4. The average Bonchev–Trinajstić information content (AvgIpc) is 2.87. The lowest BCUT2D eigenvalue weighted by Crippen LogP contribution is -2.41. The molecule has 0 radical (unpaired) electrons. The van der Waals surface area contributed by atoms with Gasteiger partial charge in [0.1, 0.15) is 0 Å². The standard InChI is InChI=1S/C18H26N2O4S/c1-13(2)16-6-4-5-7-17(16)19-18(22)8-10-20(14(3)21)15-9-11-25(23,24)12-15/h4-7,13,15H,8-12H2,1-3H3,(H,19,22). The molecule has 25 heavy (non-hydrogen) atoms. The van der Waals surface area contributed by atoms with Gasteiger partial charge in [-0.05, 0) is 24.0 Å². The van der Waals surface area contributed by atoms with Crippen LogP contribution in [-0.4, -0.2) is 49.2 Å². The summed E-state index contributed by atoms with van der Waals surface area (Å²) in [6.45, 7) is 5.76. The molecule has 1 saturated heterocycles. The van der Waals surface area contributed by atoms with Crippen LogP contribution < -0.4 is 5.32 Å². The van der Waals surface area contributed by atoms with Crippen LogP contribution in [0.2, 0.25) is 0 Å². The highest BCUT2D eigenvalue weighted by atomic mass is 32.2. The normalized spacial score (nSPS) is 19.0. The van der Waals surface area contributed by atoms with Gasteiger partial charge in [0.05, 0.1) is 11.5 Å². The maximum absolute atomic E-state index is 12.3. The highest BCUT2D eigenvalue weighted by Crippen LogP contribution is 2.24. The number of nitrogens with zero attached hydrogens (tertiary/aromatic N) is 1. The van der Waals surface area contributed by atoms with Crippen molar-refractivity contribution < 1.29 is 18.0 Å². The van der Waals surface area contributed by atoms with Gasteiger partial charge in [-0.1, -0.05) is 32.0 Å². The van der Waals surface area contributed by atoms with Crippen LogP contribution in [0.5, 0.6) is 0 Å². The summed E-state index contributed by atoms with van der Waals surface area (Å²) in [6, 6.07) is 7.32. The van der Waals surface area contributed by atoms with Gasteiger partial charge in [0.25, 0.3) is 0 Å². The van der Waals surface area contributed by atoms with E-state index in [2.05, 4.69) is 19.2 Å². The van der Waals surface area contributed by atoms with Crippen molar-refractivity contribution in [2.75, 3.05) is 23.4 Å². The van der Waals surface area contributed by atoms with Crippen LogP contribution in [0.25, 0.3) is 0 Å². The van der Waals surface area contributed by atoms with E-state index in [1.807, 2.05) is 24.3 Å². The highest BCUT2D eigenvalue weighted by molar-refractivity contribution is 7.91. The van der Waals surface area contributed by atoms with Gasteiger partial charge in [0, 0.05) is 31.6 Å². The smallest absolute Gasteiger partial charge is 0.226 e. The second-order valence-electron chi connectivity index (χ2n) is 6.81. The summed E-state index contributed by atoms with van der Waals surface area (Å²) in [5, 5.41) is 2.90. The molecule has 138 valence electrons. The molecule has 1 aliphatic rings. The summed E-state index contributed by atoms with van der Waals surface area (Å²) in [5.41, 5.74) is 1.83. The Bertz CT molecular complexity index is 743. The number of amides is 2. The third kappa shape index (κ3) is 5.29. The number of carbonyl (C=O) groups excluding carboxylic acids is 2. The molecule has 1 fully saturated rings. The van der Waals surface area contributed by atoms with Crippen molar-refractivity contribution in [1.29, 1.82) is 0 Å². The first-order valence-electron chi connectivity index (χ1n) is 8.56. The minimum absolute atomic E-state index is 0.00954. The van der Waals surface area contributed by atoms with Gasteiger partial charge >= 0.3 is 0 Å². The molecule has 0 aliphatic carbocycles. The molecule has 1 aliphatic heterocycles. The van der Waals surface area contributed by atoms with Gasteiger partial charge in [0.15, 0.2) is 9.84 Å². The zero-order valence-corrected chi connectivity index (χ0v) is 15.8. The van der Waals surface area contributed by atoms with E-state index in [0.717, 1.165) is 11.3 Å². The van der Waals surface area contributed by atoms with Gasteiger partial charge in [0.2, 0.25) is 11.8 Å². The van der Waals surface area contributed by atoms with E-state index in [1.54, 1.807) is 0 Å². The third-order valence-electron chi connectivity index (χ3n) is 4.49. The summed E-state index contributed by atoms with van der Waals surface area (Å²) in [4.78, 5) is 25.7. The van der Waals surface area contributed by atoms with E-state index in [9.17, 15) is 18.0 Å². The molecule has 2 amide bonds. The summed E-state index contributed by atoms with van der Waals surface area (Å²) in [6.07, 6.45) is 0.586. The average molecular weight is 366 g/mol. The Hall–Kier alpha value is -1.89. The first kappa shape index (κ1) is 19.4. The number of anilines is 1. The summed E-state index contributed by atoms with van der Waals surface area (Å²) in [7, 11) is -3.07. The number of nitrogens with one attached hydrogen (secondary N) is 1. The maximum Gasteiger partial charge on any atom is 0.226 e. The molecular weight excluding hydrogens is 340 g/mol. The molecule has 7 heteroatoms. The molecule has 1 N–H and O–H groups in total. The second-order valence-corrected chi connectivity index (χ2v) is 9.04. The third-order valence-corrected chi connectivity index (χ3v) is 6.24. The maximum atomic E-state index is 12.3. The Kier molecular flexibility index (Phi) is 6.21. The summed E-state index contributed by atoms with van der Waals surface area (Å²) >= 11 is 0. The number of hydrogen-bond acceptors (Lipinski definition) is 4. The van der Waals surface area contributed by atoms with Crippen molar-refractivity contribution in [3.05, 3.63) is 29.8 Å². The van der Waals surface area contributed by atoms with Crippen molar-refractivity contribution >= 4 is 27.3 Å². The molecule has 1 aromatic rings. The van der Waals surface area contributed by atoms with E-state index in [4.69, 9.17) is 0 Å². The van der Waals surface area contributed by atoms with Crippen LogP contribution in [0.1, 0.15) is 45.1 Å². The predicted octanol–water partition coefficient (Wildman–Crippen LogP) is 2.17. The number of benzene rings is 1. The number of sulfone groups is 1. The Morgan fingerprint density at radius 1 is 1.28 bits per heavy atom. The van der Waals surface area contributed by atoms with Crippen LogP contribution in [0.15, 0.2) is 24.3 Å².